The summed E-state index contributed by atoms with van der Waals surface area (Å²) in [6.45, 7) is 9.16. The summed E-state index contributed by atoms with van der Waals surface area (Å²) in [6, 6.07) is 4.06. The Balaban J connectivity index is 2.27. The van der Waals surface area contributed by atoms with Crippen LogP contribution < -0.4 is 5.32 Å². The molecule has 0 fully saturated rings. The Bertz CT molecular complexity index is 543. The number of anilines is 2. The van der Waals surface area contributed by atoms with Crippen LogP contribution in [0.5, 0.6) is 0 Å². The van der Waals surface area contributed by atoms with Gasteiger partial charge in [-0.05, 0) is 39.3 Å². The zero-order valence-corrected chi connectivity index (χ0v) is 11.5. The summed E-state index contributed by atoms with van der Waals surface area (Å²) in [5.41, 5.74) is 4.08. The fourth-order valence-electron chi connectivity index (χ4n) is 2.00. The molecule has 96 valence electrons. The van der Waals surface area contributed by atoms with Crippen molar-refractivity contribution in [1.82, 2.24) is 14.5 Å². The monoisotopic (exact) mass is 244 g/mol. The highest BCUT2D eigenvalue weighted by atomic mass is 15.2. The summed E-state index contributed by atoms with van der Waals surface area (Å²) in [6.07, 6.45) is 3.17. The minimum atomic E-state index is 0.892. The third-order valence-electron chi connectivity index (χ3n) is 2.83. The van der Waals surface area contributed by atoms with E-state index in [0.717, 1.165) is 41.7 Å². The van der Waals surface area contributed by atoms with Crippen LogP contribution in [0.25, 0.3) is 0 Å². The van der Waals surface area contributed by atoms with Gasteiger partial charge in [0, 0.05) is 18.4 Å². The number of aromatic nitrogens is 3. The molecule has 0 bridgehead atoms. The van der Waals surface area contributed by atoms with Crippen LogP contribution in [-0.4, -0.2) is 14.5 Å². The van der Waals surface area contributed by atoms with Gasteiger partial charge in [0.05, 0.1) is 17.1 Å². The zero-order chi connectivity index (χ0) is 13.1. The Morgan fingerprint density at radius 1 is 1.11 bits per heavy atom. The summed E-state index contributed by atoms with van der Waals surface area (Å²) in [5, 5.41) is 3.36. The van der Waals surface area contributed by atoms with Gasteiger partial charge in [0.25, 0.3) is 0 Å². The molecule has 0 unspecified atom stereocenters. The molecule has 18 heavy (non-hydrogen) atoms. The third-order valence-corrected chi connectivity index (χ3v) is 2.83. The van der Waals surface area contributed by atoms with E-state index in [1.54, 1.807) is 0 Å². The molecule has 0 saturated carbocycles. The number of hydrogen-bond donors (Lipinski definition) is 1. The Morgan fingerprint density at radius 3 is 2.56 bits per heavy atom. The molecule has 2 rings (SSSR count). The molecule has 4 nitrogen and oxygen atoms in total. The van der Waals surface area contributed by atoms with Gasteiger partial charge in [0.1, 0.15) is 0 Å². The second-order valence-electron chi connectivity index (χ2n) is 4.61. The highest BCUT2D eigenvalue weighted by Crippen LogP contribution is 2.19. The highest BCUT2D eigenvalue weighted by molar-refractivity contribution is 5.56. The lowest BCUT2D eigenvalue weighted by Gasteiger charge is -2.10. The first-order valence-corrected chi connectivity index (χ1v) is 6.35. The number of nitrogens with one attached hydrogen (secondary N) is 1. The van der Waals surface area contributed by atoms with E-state index in [4.69, 9.17) is 0 Å². The van der Waals surface area contributed by atoms with Crippen molar-refractivity contribution < 1.29 is 0 Å². The average molecular weight is 244 g/mol. The minimum Gasteiger partial charge on any atom is -0.324 e. The molecule has 2 aromatic heterocycles. The highest BCUT2D eigenvalue weighted by Gasteiger charge is 2.07. The van der Waals surface area contributed by atoms with Crippen molar-refractivity contribution in [2.24, 2.45) is 0 Å². The van der Waals surface area contributed by atoms with Crippen molar-refractivity contribution in [3.63, 3.8) is 0 Å². The fourth-order valence-corrected chi connectivity index (χ4v) is 2.00. The molecule has 0 saturated heterocycles. The molecule has 0 spiro atoms. The lowest BCUT2D eigenvalue weighted by Crippen LogP contribution is -2.04. The molecule has 0 aliphatic carbocycles. The number of hydrogen-bond acceptors (Lipinski definition) is 3. The number of aryl methyl sites for hydroxylation is 4. The molecular formula is C14H20N4. The van der Waals surface area contributed by atoms with Gasteiger partial charge in [-0.3, -0.25) is 4.98 Å². The molecule has 0 radical (unpaired) electrons. The quantitative estimate of drug-likeness (QED) is 0.896. The molecular weight excluding hydrogens is 224 g/mol. The fraction of sp³-hybridized carbons (Fsp3) is 0.429. The molecule has 0 atom stereocenters. The van der Waals surface area contributed by atoms with E-state index in [1.165, 1.54) is 0 Å². The molecule has 4 heteroatoms. The maximum atomic E-state index is 4.51. The topological polar surface area (TPSA) is 42.7 Å². The largest absolute Gasteiger partial charge is 0.324 e. The molecule has 0 amide bonds. The van der Waals surface area contributed by atoms with Crippen molar-refractivity contribution in [1.29, 1.82) is 0 Å². The van der Waals surface area contributed by atoms with Gasteiger partial charge < -0.3 is 9.88 Å². The van der Waals surface area contributed by atoms with E-state index in [0.29, 0.717) is 0 Å². The number of imidazole rings is 1. The maximum absolute atomic E-state index is 4.51. The smallest absolute Gasteiger partial charge is 0.207 e. The van der Waals surface area contributed by atoms with Crippen molar-refractivity contribution >= 4 is 11.6 Å². The predicted molar refractivity (Wildman–Crippen MR) is 74.2 cm³/mol. The van der Waals surface area contributed by atoms with Gasteiger partial charge in [-0.15, -0.1) is 0 Å². The summed E-state index contributed by atoms with van der Waals surface area (Å²) >= 11 is 0. The molecule has 0 aromatic carbocycles. The van der Waals surface area contributed by atoms with Gasteiger partial charge in [0.2, 0.25) is 5.95 Å². The van der Waals surface area contributed by atoms with Crippen LogP contribution in [-0.2, 0) is 6.54 Å². The molecule has 2 aromatic rings. The predicted octanol–water partition coefficient (Wildman–Crippen LogP) is 3.36. The normalized spacial score (nSPS) is 10.7. The van der Waals surface area contributed by atoms with Crippen LogP contribution >= 0.6 is 0 Å². The van der Waals surface area contributed by atoms with Gasteiger partial charge in [0.15, 0.2) is 0 Å². The van der Waals surface area contributed by atoms with E-state index < -0.39 is 0 Å². The first-order valence-electron chi connectivity index (χ1n) is 6.35. The van der Waals surface area contributed by atoms with Gasteiger partial charge in [-0.25, -0.2) is 4.98 Å². The van der Waals surface area contributed by atoms with Crippen LogP contribution in [0.3, 0.4) is 0 Å². The van der Waals surface area contributed by atoms with E-state index in [1.807, 2.05) is 26.8 Å². The summed E-state index contributed by atoms with van der Waals surface area (Å²) < 4.78 is 2.15. The van der Waals surface area contributed by atoms with E-state index in [-0.39, 0.29) is 0 Å². The lowest BCUT2D eigenvalue weighted by molar-refractivity contribution is 0.686. The van der Waals surface area contributed by atoms with Gasteiger partial charge in [-0.1, -0.05) is 6.92 Å². The van der Waals surface area contributed by atoms with E-state index >= 15 is 0 Å². The summed E-state index contributed by atoms with van der Waals surface area (Å²) in [4.78, 5) is 8.96. The second-order valence-corrected chi connectivity index (χ2v) is 4.61. The third kappa shape index (κ3) is 2.70. The summed E-state index contributed by atoms with van der Waals surface area (Å²) in [5.74, 6) is 0.892. The van der Waals surface area contributed by atoms with Crippen molar-refractivity contribution in [2.75, 3.05) is 5.32 Å². The van der Waals surface area contributed by atoms with Crippen LogP contribution in [0.2, 0.25) is 0 Å². The van der Waals surface area contributed by atoms with Gasteiger partial charge in [-0.2, -0.15) is 0 Å². The van der Waals surface area contributed by atoms with E-state index in [9.17, 15) is 0 Å². The Hall–Kier alpha value is -1.84. The van der Waals surface area contributed by atoms with Crippen molar-refractivity contribution in [3.05, 3.63) is 35.4 Å². The zero-order valence-electron chi connectivity index (χ0n) is 11.5. The average Bonchev–Trinajstić information content (AvgIpc) is 2.64. The van der Waals surface area contributed by atoms with Crippen molar-refractivity contribution in [2.45, 2.75) is 40.7 Å². The summed E-state index contributed by atoms with van der Waals surface area (Å²) in [7, 11) is 0. The molecule has 0 aliphatic rings. The van der Waals surface area contributed by atoms with Crippen LogP contribution in [0.15, 0.2) is 18.3 Å². The van der Waals surface area contributed by atoms with Crippen LogP contribution in [0, 0.1) is 20.8 Å². The standard InChI is InChI=1S/C14H20N4/c1-5-8-18-9-11(3)16-14(18)17-13-7-6-10(2)15-12(13)4/h6-7,9H,5,8H2,1-4H3,(H,16,17). The van der Waals surface area contributed by atoms with Crippen LogP contribution in [0.4, 0.5) is 11.6 Å². The Morgan fingerprint density at radius 2 is 1.89 bits per heavy atom. The molecule has 0 aliphatic heterocycles. The number of rotatable bonds is 4. The molecule has 2 heterocycles. The first kappa shape index (κ1) is 12.6. The Kier molecular flexibility index (Phi) is 3.65. The maximum Gasteiger partial charge on any atom is 0.207 e. The SMILES string of the molecule is CCCn1cc(C)nc1Nc1ccc(C)nc1C. The van der Waals surface area contributed by atoms with Crippen LogP contribution in [0.1, 0.15) is 30.4 Å². The van der Waals surface area contributed by atoms with Gasteiger partial charge >= 0.3 is 0 Å². The molecule has 1 N–H and O–H groups in total. The minimum absolute atomic E-state index is 0.892. The lowest BCUT2D eigenvalue weighted by atomic mass is 10.3. The Labute approximate surface area is 108 Å². The second kappa shape index (κ2) is 5.21. The first-order chi connectivity index (χ1) is 8.60. The number of nitrogens with zero attached hydrogens (tertiary/aromatic N) is 3. The van der Waals surface area contributed by atoms with E-state index in [2.05, 4.69) is 39.0 Å². The number of pyridine rings is 1. The van der Waals surface area contributed by atoms with Crippen molar-refractivity contribution in [3.8, 4) is 0 Å².